The SMILES string of the molecule is Nc1ccc(CCc2nc(-c3ncn[nH]3)no2)cc1. The average molecular weight is 256 g/mol. The minimum atomic E-state index is 0.421. The van der Waals surface area contributed by atoms with Crippen LogP contribution >= 0.6 is 0 Å². The molecule has 3 N–H and O–H groups in total. The Hall–Kier alpha value is -2.70. The molecule has 0 spiro atoms. The number of aromatic nitrogens is 5. The molecule has 2 aromatic heterocycles. The highest BCUT2D eigenvalue weighted by atomic mass is 16.5. The van der Waals surface area contributed by atoms with Gasteiger partial charge in [-0.1, -0.05) is 17.3 Å². The minimum absolute atomic E-state index is 0.421. The molecule has 19 heavy (non-hydrogen) atoms. The number of aryl methyl sites for hydroxylation is 2. The predicted octanol–water partition coefficient (Wildman–Crippen LogP) is 1.22. The summed E-state index contributed by atoms with van der Waals surface area (Å²) in [6.07, 6.45) is 2.89. The monoisotopic (exact) mass is 256 g/mol. The van der Waals surface area contributed by atoms with Gasteiger partial charge in [0.25, 0.3) is 0 Å². The molecule has 0 atom stereocenters. The number of nitrogens with two attached hydrogens (primary N) is 1. The molecule has 7 heteroatoms. The molecule has 3 aromatic rings. The van der Waals surface area contributed by atoms with E-state index in [2.05, 4.69) is 25.3 Å². The first-order valence-corrected chi connectivity index (χ1v) is 5.84. The summed E-state index contributed by atoms with van der Waals surface area (Å²) in [5, 5.41) is 10.3. The number of nitrogens with one attached hydrogen (secondary N) is 1. The molecule has 2 heterocycles. The highest BCUT2D eigenvalue weighted by Gasteiger charge is 2.10. The number of rotatable bonds is 4. The third-order valence-corrected chi connectivity index (χ3v) is 2.70. The summed E-state index contributed by atoms with van der Waals surface area (Å²) in [6.45, 7) is 0. The van der Waals surface area contributed by atoms with Crippen LogP contribution in [0.4, 0.5) is 5.69 Å². The van der Waals surface area contributed by atoms with Crippen LogP contribution in [-0.2, 0) is 12.8 Å². The Morgan fingerprint density at radius 1 is 1.16 bits per heavy atom. The van der Waals surface area contributed by atoms with E-state index in [-0.39, 0.29) is 0 Å². The fourth-order valence-electron chi connectivity index (χ4n) is 1.70. The number of H-pyrrole nitrogens is 1. The van der Waals surface area contributed by atoms with Gasteiger partial charge in [-0.05, 0) is 24.1 Å². The van der Waals surface area contributed by atoms with Gasteiger partial charge < -0.3 is 10.3 Å². The third-order valence-electron chi connectivity index (χ3n) is 2.70. The van der Waals surface area contributed by atoms with Crippen molar-refractivity contribution in [1.29, 1.82) is 0 Å². The molecule has 0 aliphatic carbocycles. The summed E-state index contributed by atoms with van der Waals surface area (Å²) >= 11 is 0. The van der Waals surface area contributed by atoms with Gasteiger partial charge >= 0.3 is 0 Å². The zero-order valence-corrected chi connectivity index (χ0v) is 10.1. The maximum Gasteiger partial charge on any atom is 0.239 e. The Morgan fingerprint density at radius 3 is 2.74 bits per heavy atom. The van der Waals surface area contributed by atoms with Crippen molar-refractivity contribution >= 4 is 5.69 Å². The highest BCUT2D eigenvalue weighted by molar-refractivity contribution is 5.40. The van der Waals surface area contributed by atoms with Crippen LogP contribution in [0.15, 0.2) is 35.1 Å². The van der Waals surface area contributed by atoms with Crippen molar-refractivity contribution in [3.8, 4) is 11.6 Å². The van der Waals surface area contributed by atoms with Crippen LogP contribution in [0, 0.1) is 0 Å². The fourth-order valence-corrected chi connectivity index (χ4v) is 1.70. The van der Waals surface area contributed by atoms with Crippen molar-refractivity contribution in [1.82, 2.24) is 25.3 Å². The molecule has 0 radical (unpaired) electrons. The number of aromatic amines is 1. The van der Waals surface area contributed by atoms with Crippen LogP contribution in [0.5, 0.6) is 0 Å². The summed E-state index contributed by atoms with van der Waals surface area (Å²) in [7, 11) is 0. The average Bonchev–Trinajstić information content (AvgIpc) is 3.09. The topological polar surface area (TPSA) is 107 Å². The molecule has 96 valence electrons. The lowest BCUT2D eigenvalue weighted by molar-refractivity contribution is 0.378. The Morgan fingerprint density at radius 2 is 2.00 bits per heavy atom. The van der Waals surface area contributed by atoms with Crippen molar-refractivity contribution in [3.05, 3.63) is 42.0 Å². The second kappa shape index (κ2) is 4.89. The quantitative estimate of drug-likeness (QED) is 0.680. The maximum atomic E-state index is 5.63. The van der Waals surface area contributed by atoms with E-state index in [0.717, 1.165) is 12.1 Å². The molecule has 0 aliphatic rings. The number of nitrogens with zero attached hydrogens (tertiary/aromatic N) is 4. The summed E-state index contributed by atoms with van der Waals surface area (Å²) in [6, 6.07) is 7.73. The molecule has 0 saturated carbocycles. The molecule has 0 amide bonds. The van der Waals surface area contributed by atoms with Crippen LogP contribution in [0.2, 0.25) is 0 Å². The largest absolute Gasteiger partial charge is 0.399 e. The standard InChI is InChI=1S/C12H12N6O/c13-9-4-1-8(2-5-9)3-6-10-16-12(18-19-10)11-14-7-15-17-11/h1-2,4-5,7H,3,6,13H2,(H,14,15,17). The van der Waals surface area contributed by atoms with Crippen LogP contribution in [0.1, 0.15) is 11.5 Å². The van der Waals surface area contributed by atoms with Crippen molar-refractivity contribution in [2.45, 2.75) is 12.8 Å². The Kier molecular flexibility index (Phi) is 2.93. The first-order valence-electron chi connectivity index (χ1n) is 5.84. The molecular formula is C12H12N6O. The van der Waals surface area contributed by atoms with Crippen molar-refractivity contribution in [3.63, 3.8) is 0 Å². The van der Waals surface area contributed by atoms with E-state index in [4.69, 9.17) is 10.3 Å². The fraction of sp³-hybridized carbons (Fsp3) is 0.167. The molecule has 3 rings (SSSR count). The van der Waals surface area contributed by atoms with Gasteiger partial charge in [0.1, 0.15) is 6.33 Å². The van der Waals surface area contributed by atoms with Gasteiger partial charge in [0, 0.05) is 12.1 Å². The predicted molar refractivity (Wildman–Crippen MR) is 67.9 cm³/mol. The minimum Gasteiger partial charge on any atom is -0.399 e. The lowest BCUT2D eigenvalue weighted by Gasteiger charge is -1.98. The van der Waals surface area contributed by atoms with E-state index < -0.39 is 0 Å². The van der Waals surface area contributed by atoms with E-state index in [1.165, 1.54) is 11.9 Å². The van der Waals surface area contributed by atoms with Crippen LogP contribution in [0.3, 0.4) is 0 Å². The molecule has 0 bridgehead atoms. The normalized spacial score (nSPS) is 10.7. The van der Waals surface area contributed by atoms with E-state index in [1.54, 1.807) is 0 Å². The van der Waals surface area contributed by atoms with Crippen LogP contribution in [0.25, 0.3) is 11.6 Å². The lowest BCUT2D eigenvalue weighted by atomic mass is 10.1. The lowest BCUT2D eigenvalue weighted by Crippen LogP contribution is -1.93. The Bertz CT molecular complexity index is 643. The number of hydrogen-bond acceptors (Lipinski definition) is 6. The number of hydrogen-bond donors (Lipinski definition) is 2. The zero-order valence-electron chi connectivity index (χ0n) is 10.1. The summed E-state index contributed by atoms with van der Waals surface area (Å²) in [5.74, 6) is 1.50. The number of nitrogen functional groups attached to an aromatic ring is 1. The van der Waals surface area contributed by atoms with E-state index in [9.17, 15) is 0 Å². The van der Waals surface area contributed by atoms with Crippen molar-refractivity contribution < 1.29 is 4.52 Å². The van der Waals surface area contributed by atoms with Gasteiger partial charge in [-0.3, -0.25) is 5.10 Å². The molecule has 0 saturated heterocycles. The summed E-state index contributed by atoms with van der Waals surface area (Å²) < 4.78 is 5.16. The Labute approximate surface area is 108 Å². The second-order valence-electron chi connectivity index (χ2n) is 4.09. The Balaban J connectivity index is 1.66. The van der Waals surface area contributed by atoms with E-state index >= 15 is 0 Å². The highest BCUT2D eigenvalue weighted by Crippen LogP contribution is 2.12. The smallest absolute Gasteiger partial charge is 0.239 e. The van der Waals surface area contributed by atoms with Gasteiger partial charge in [-0.15, -0.1) is 0 Å². The number of benzene rings is 1. The summed E-state index contributed by atoms with van der Waals surface area (Å²) in [5.41, 5.74) is 7.57. The first kappa shape index (κ1) is 11.4. The number of anilines is 1. The van der Waals surface area contributed by atoms with Crippen molar-refractivity contribution in [2.24, 2.45) is 0 Å². The summed E-state index contributed by atoms with van der Waals surface area (Å²) in [4.78, 5) is 8.21. The third kappa shape index (κ3) is 2.59. The van der Waals surface area contributed by atoms with Crippen molar-refractivity contribution in [2.75, 3.05) is 5.73 Å². The maximum absolute atomic E-state index is 5.63. The molecule has 0 aliphatic heterocycles. The molecular weight excluding hydrogens is 244 g/mol. The van der Waals surface area contributed by atoms with Gasteiger partial charge in [-0.2, -0.15) is 10.1 Å². The molecule has 1 aromatic carbocycles. The molecule has 0 fully saturated rings. The second-order valence-corrected chi connectivity index (χ2v) is 4.09. The molecule has 0 unspecified atom stereocenters. The first-order chi connectivity index (χ1) is 9.31. The zero-order chi connectivity index (χ0) is 13.1. The van der Waals surface area contributed by atoms with Crippen LogP contribution in [-0.4, -0.2) is 25.3 Å². The van der Waals surface area contributed by atoms with Gasteiger partial charge in [0.15, 0.2) is 5.82 Å². The van der Waals surface area contributed by atoms with E-state index in [0.29, 0.717) is 24.0 Å². The van der Waals surface area contributed by atoms with E-state index in [1.807, 2.05) is 24.3 Å². The van der Waals surface area contributed by atoms with Gasteiger partial charge in [0.2, 0.25) is 11.7 Å². The molecule has 7 nitrogen and oxygen atoms in total. The van der Waals surface area contributed by atoms with Gasteiger partial charge in [0.05, 0.1) is 0 Å². The van der Waals surface area contributed by atoms with Crippen LogP contribution < -0.4 is 5.73 Å². The van der Waals surface area contributed by atoms with Gasteiger partial charge in [-0.25, -0.2) is 4.98 Å².